The Labute approximate surface area is 103 Å². The van der Waals surface area contributed by atoms with Crippen LogP contribution in [0, 0.1) is 0 Å². The van der Waals surface area contributed by atoms with Crippen molar-refractivity contribution in [1.82, 2.24) is 4.72 Å². The molecule has 0 atom stereocenters. The Hall–Kier alpha value is -0.870. The summed E-state index contributed by atoms with van der Waals surface area (Å²) in [6.07, 6.45) is 6.42. The maximum atomic E-state index is 12.0. The number of benzene rings is 1. The molecule has 3 nitrogen and oxygen atoms in total. The van der Waals surface area contributed by atoms with Crippen LogP contribution in [0.15, 0.2) is 35.2 Å². The monoisotopic (exact) mass is 252 g/mol. The van der Waals surface area contributed by atoms with Crippen LogP contribution in [0.4, 0.5) is 0 Å². The van der Waals surface area contributed by atoms with Gasteiger partial charge in [0, 0.05) is 6.04 Å². The minimum atomic E-state index is -3.45. The van der Waals surface area contributed by atoms with Crippen LogP contribution in [0.5, 0.6) is 0 Å². The summed E-state index contributed by atoms with van der Waals surface area (Å²) in [7, 11) is -3.45. The number of sulfonamides is 1. The smallest absolute Gasteiger partial charge is 0.206 e. The van der Waals surface area contributed by atoms with E-state index in [9.17, 15) is 8.42 Å². The van der Waals surface area contributed by atoms with Gasteiger partial charge in [-0.25, -0.2) is 8.42 Å². The van der Waals surface area contributed by atoms with E-state index in [0.29, 0.717) is 4.90 Å². The normalized spacial score (nSPS) is 18.8. The molecule has 2 rings (SSSR count). The van der Waals surface area contributed by atoms with Crippen LogP contribution in [0.1, 0.15) is 38.5 Å². The zero-order chi connectivity index (χ0) is 12.1. The first-order valence-electron chi connectivity index (χ1n) is 6.21. The highest BCUT2D eigenvalue weighted by atomic mass is 32.2. The third-order valence-corrected chi connectivity index (χ3v) is 4.60. The maximum absolute atomic E-state index is 12.0. The van der Waals surface area contributed by atoms with Gasteiger partial charge in [-0.05, 0) is 25.0 Å². The third kappa shape index (κ3) is 3.54. The second-order valence-electron chi connectivity index (χ2n) is 4.54. The van der Waals surface area contributed by atoms with Crippen LogP contribution in [0.25, 0.3) is 0 Å². The van der Waals surface area contributed by atoms with E-state index in [1.807, 2.05) is 6.07 Å². The van der Waals surface area contributed by atoms with Crippen molar-refractivity contribution in [2.24, 2.45) is 0 Å². The summed E-state index contributed by atoms with van der Waals surface area (Å²) >= 11 is 0. The van der Waals surface area contributed by atoms with E-state index in [4.69, 9.17) is 0 Å². The summed E-state index contributed by atoms with van der Waals surface area (Å²) in [6, 6.07) is 8.48. The molecule has 0 heterocycles. The predicted octanol–water partition coefficient (Wildman–Crippen LogP) is 2.70. The van der Waals surface area contributed by atoms with Crippen LogP contribution in [0.3, 0.4) is 0 Å². The number of hydrogen-bond donors (Lipinski definition) is 0. The Morgan fingerprint density at radius 3 is 2.12 bits per heavy atom. The first-order valence-corrected chi connectivity index (χ1v) is 7.65. The van der Waals surface area contributed by atoms with E-state index in [0.717, 1.165) is 25.7 Å². The molecule has 4 heteroatoms. The second kappa shape index (κ2) is 5.65. The minimum Gasteiger partial charge on any atom is -0.206 e. The van der Waals surface area contributed by atoms with Gasteiger partial charge >= 0.3 is 0 Å². The number of hydrogen-bond acceptors (Lipinski definition) is 2. The molecule has 0 N–H and O–H groups in total. The summed E-state index contributed by atoms with van der Waals surface area (Å²) in [5, 5.41) is 0. The summed E-state index contributed by atoms with van der Waals surface area (Å²) < 4.78 is 28.2. The molecule has 0 bridgehead atoms. The Morgan fingerprint density at radius 1 is 0.941 bits per heavy atom. The van der Waals surface area contributed by atoms with Crippen molar-refractivity contribution in [3.63, 3.8) is 0 Å². The van der Waals surface area contributed by atoms with Gasteiger partial charge in [0.15, 0.2) is 0 Å². The molecule has 0 saturated heterocycles. The van der Waals surface area contributed by atoms with Crippen molar-refractivity contribution in [3.05, 3.63) is 30.3 Å². The average Bonchev–Trinajstić information content (AvgIpc) is 2.58. The molecule has 1 aliphatic carbocycles. The maximum Gasteiger partial charge on any atom is 0.257 e. The van der Waals surface area contributed by atoms with Crippen LogP contribution >= 0.6 is 0 Å². The first-order chi connectivity index (χ1) is 8.18. The number of nitrogens with zero attached hydrogens (tertiary/aromatic N) is 1. The Kier molecular flexibility index (Phi) is 4.18. The topological polar surface area (TPSA) is 48.2 Å². The van der Waals surface area contributed by atoms with Gasteiger partial charge in [-0.15, -0.1) is 4.72 Å². The van der Waals surface area contributed by atoms with Crippen molar-refractivity contribution >= 4 is 10.0 Å². The highest BCUT2D eigenvalue weighted by Crippen LogP contribution is 2.20. The minimum absolute atomic E-state index is 0.0114. The molecule has 1 aromatic carbocycles. The Bertz CT molecular complexity index is 434. The van der Waals surface area contributed by atoms with E-state index >= 15 is 0 Å². The van der Waals surface area contributed by atoms with Gasteiger partial charge in [0.25, 0.3) is 10.0 Å². The molecule has 1 radical (unpaired) electrons. The summed E-state index contributed by atoms with van der Waals surface area (Å²) in [6.45, 7) is 0. The van der Waals surface area contributed by atoms with Gasteiger partial charge in [-0.2, -0.15) is 0 Å². The molecule has 17 heavy (non-hydrogen) atoms. The molecule has 0 aliphatic heterocycles. The lowest BCUT2D eigenvalue weighted by Crippen LogP contribution is -2.27. The highest BCUT2D eigenvalue weighted by molar-refractivity contribution is 7.89. The van der Waals surface area contributed by atoms with E-state index in [-0.39, 0.29) is 6.04 Å². The lowest BCUT2D eigenvalue weighted by Gasteiger charge is -2.13. The fourth-order valence-electron chi connectivity index (χ4n) is 2.21. The van der Waals surface area contributed by atoms with Gasteiger partial charge < -0.3 is 0 Å². The highest BCUT2D eigenvalue weighted by Gasteiger charge is 2.22. The van der Waals surface area contributed by atoms with Crippen molar-refractivity contribution in [1.29, 1.82) is 0 Å². The van der Waals surface area contributed by atoms with Crippen LogP contribution in [0.2, 0.25) is 0 Å². The van der Waals surface area contributed by atoms with Gasteiger partial charge in [0.05, 0.1) is 4.90 Å². The van der Waals surface area contributed by atoms with Crippen LogP contribution < -0.4 is 4.72 Å². The average molecular weight is 252 g/mol. The quantitative estimate of drug-likeness (QED) is 0.776. The molecule has 0 spiro atoms. The largest absolute Gasteiger partial charge is 0.257 e. The van der Waals surface area contributed by atoms with E-state index in [1.165, 1.54) is 12.8 Å². The Balaban J connectivity index is 2.06. The molecule has 1 aliphatic rings. The molecule has 0 aromatic heterocycles. The summed E-state index contributed by atoms with van der Waals surface area (Å²) in [5.41, 5.74) is 0. The first kappa shape index (κ1) is 12.6. The molecule has 1 aromatic rings. The van der Waals surface area contributed by atoms with E-state index in [2.05, 4.69) is 4.72 Å². The fraction of sp³-hybridized carbons (Fsp3) is 0.538. The summed E-state index contributed by atoms with van der Waals surface area (Å²) in [4.78, 5) is 0.309. The molecular weight excluding hydrogens is 234 g/mol. The Morgan fingerprint density at radius 2 is 1.53 bits per heavy atom. The van der Waals surface area contributed by atoms with Gasteiger partial charge in [0.1, 0.15) is 0 Å². The molecular formula is C13H18NO2S. The molecule has 1 fully saturated rings. The van der Waals surface area contributed by atoms with Crippen molar-refractivity contribution in [3.8, 4) is 0 Å². The fourth-order valence-corrected chi connectivity index (χ4v) is 3.44. The molecule has 0 unspecified atom stereocenters. The summed E-state index contributed by atoms with van der Waals surface area (Å²) in [5.74, 6) is 0. The SMILES string of the molecule is O=S(=O)([N]C1CCCCCC1)c1ccccc1. The lowest BCUT2D eigenvalue weighted by atomic mass is 10.1. The third-order valence-electron chi connectivity index (χ3n) is 3.15. The second-order valence-corrected chi connectivity index (χ2v) is 6.17. The lowest BCUT2D eigenvalue weighted by molar-refractivity contribution is 0.504. The molecule has 0 amide bonds. The van der Waals surface area contributed by atoms with Crippen LogP contribution in [-0.4, -0.2) is 14.5 Å². The van der Waals surface area contributed by atoms with E-state index < -0.39 is 10.0 Å². The van der Waals surface area contributed by atoms with Gasteiger partial charge in [0.2, 0.25) is 0 Å². The van der Waals surface area contributed by atoms with Crippen molar-refractivity contribution < 1.29 is 8.42 Å². The van der Waals surface area contributed by atoms with Crippen molar-refractivity contribution in [2.75, 3.05) is 0 Å². The molecule has 1 saturated carbocycles. The molecule has 93 valence electrons. The zero-order valence-electron chi connectivity index (χ0n) is 9.88. The zero-order valence-corrected chi connectivity index (χ0v) is 10.7. The van der Waals surface area contributed by atoms with Gasteiger partial charge in [-0.3, -0.25) is 0 Å². The van der Waals surface area contributed by atoms with E-state index in [1.54, 1.807) is 24.3 Å². The van der Waals surface area contributed by atoms with Gasteiger partial charge in [-0.1, -0.05) is 43.9 Å². The number of rotatable bonds is 3. The van der Waals surface area contributed by atoms with Crippen molar-refractivity contribution in [2.45, 2.75) is 49.5 Å². The predicted molar refractivity (Wildman–Crippen MR) is 67.3 cm³/mol. The standard InChI is InChI=1S/C13H18NO2S/c15-17(16,13-10-6-3-7-11-13)14-12-8-4-1-2-5-9-12/h3,6-7,10-12H,1-2,4-5,8-9H2. The van der Waals surface area contributed by atoms with Crippen LogP contribution in [-0.2, 0) is 10.0 Å².